The Labute approximate surface area is 196 Å². The number of carbonyl (C=O) groups excluding carboxylic acids is 3. The summed E-state index contributed by atoms with van der Waals surface area (Å²) in [5.74, 6) is -0.246. The lowest BCUT2D eigenvalue weighted by Crippen LogP contribution is -2.48. The predicted octanol–water partition coefficient (Wildman–Crippen LogP) is 4.94. The number of urea groups is 1. The minimum absolute atomic E-state index is 0.0874. The predicted molar refractivity (Wildman–Crippen MR) is 129 cm³/mol. The molecule has 4 amide bonds. The summed E-state index contributed by atoms with van der Waals surface area (Å²) in [5, 5.41) is 2.83. The summed E-state index contributed by atoms with van der Waals surface area (Å²) in [7, 11) is 0. The monoisotopic (exact) mass is 447 g/mol. The molecule has 0 aromatic heterocycles. The molecule has 1 atom stereocenters. The van der Waals surface area contributed by atoms with Crippen molar-refractivity contribution in [1.82, 2.24) is 10.2 Å². The van der Waals surface area contributed by atoms with E-state index in [0.717, 1.165) is 41.8 Å². The largest absolute Gasteiger partial charge is 0.325 e. The molecule has 1 unspecified atom stereocenters. The van der Waals surface area contributed by atoms with Crippen molar-refractivity contribution < 1.29 is 14.4 Å². The number of hydrogen-bond donors (Lipinski definition) is 1. The van der Waals surface area contributed by atoms with Crippen LogP contribution in [0.5, 0.6) is 0 Å². The summed E-state index contributed by atoms with van der Waals surface area (Å²) in [6.07, 6.45) is 5.19. The maximum absolute atomic E-state index is 13.5. The van der Waals surface area contributed by atoms with Gasteiger partial charge >= 0.3 is 6.03 Å². The number of para-hydroxylation sites is 1. The van der Waals surface area contributed by atoms with E-state index in [-0.39, 0.29) is 18.5 Å². The molecular formula is C27H33N3O3. The molecule has 0 spiro atoms. The molecule has 1 heterocycles. The molecule has 1 aliphatic carbocycles. The number of imide groups is 1. The van der Waals surface area contributed by atoms with Crippen LogP contribution in [-0.2, 0) is 15.1 Å². The van der Waals surface area contributed by atoms with Crippen molar-refractivity contribution in [2.45, 2.75) is 70.4 Å². The molecule has 2 fully saturated rings. The standard InChI is InChI=1S/C27H33N3O3/c1-19(2)20-14-16-21(17-15-20)27(3)25(32)29(26(33)28-27)18-24(31)30(22-10-6-4-7-11-22)23-12-8-5-9-13-23/h4,6-7,10-11,14-17,19,23H,5,8-9,12-13,18H2,1-3H3,(H,28,33). The number of nitrogens with one attached hydrogen (secondary N) is 1. The maximum atomic E-state index is 13.5. The zero-order chi connectivity index (χ0) is 23.6. The molecule has 2 aromatic carbocycles. The van der Waals surface area contributed by atoms with Crippen LogP contribution >= 0.6 is 0 Å². The van der Waals surface area contributed by atoms with Gasteiger partial charge in [0.05, 0.1) is 0 Å². The van der Waals surface area contributed by atoms with E-state index >= 15 is 0 Å². The average Bonchev–Trinajstić information content (AvgIpc) is 3.04. The second-order valence-electron chi connectivity index (χ2n) is 9.61. The molecule has 1 N–H and O–H groups in total. The van der Waals surface area contributed by atoms with Gasteiger partial charge in [-0.25, -0.2) is 4.79 Å². The van der Waals surface area contributed by atoms with Crippen LogP contribution in [0.4, 0.5) is 10.5 Å². The fourth-order valence-electron chi connectivity index (χ4n) is 4.94. The average molecular weight is 448 g/mol. The van der Waals surface area contributed by atoms with E-state index in [0.29, 0.717) is 11.5 Å². The van der Waals surface area contributed by atoms with E-state index in [2.05, 4.69) is 19.2 Å². The first-order valence-electron chi connectivity index (χ1n) is 11.9. The molecule has 174 valence electrons. The molecule has 2 aromatic rings. The minimum Gasteiger partial charge on any atom is -0.319 e. The zero-order valence-corrected chi connectivity index (χ0v) is 19.7. The van der Waals surface area contributed by atoms with Crippen molar-refractivity contribution in [3.8, 4) is 0 Å². The normalized spacial score (nSPS) is 21.4. The summed E-state index contributed by atoms with van der Waals surface area (Å²) >= 11 is 0. The fraction of sp³-hybridized carbons (Fsp3) is 0.444. The quantitative estimate of drug-likeness (QED) is 0.638. The van der Waals surface area contributed by atoms with Gasteiger partial charge in [0, 0.05) is 11.7 Å². The number of carbonyl (C=O) groups is 3. The first-order valence-corrected chi connectivity index (χ1v) is 11.9. The number of amides is 4. The van der Waals surface area contributed by atoms with Crippen LogP contribution in [0.2, 0.25) is 0 Å². The zero-order valence-electron chi connectivity index (χ0n) is 19.7. The molecule has 1 saturated carbocycles. The lowest BCUT2D eigenvalue weighted by Gasteiger charge is -2.35. The Morgan fingerprint density at radius 3 is 2.27 bits per heavy atom. The van der Waals surface area contributed by atoms with Crippen LogP contribution < -0.4 is 10.2 Å². The Bertz CT molecular complexity index is 1010. The van der Waals surface area contributed by atoms with Crippen molar-refractivity contribution in [1.29, 1.82) is 0 Å². The molecule has 6 heteroatoms. The van der Waals surface area contributed by atoms with Gasteiger partial charge in [-0.2, -0.15) is 0 Å². The number of rotatable bonds is 6. The van der Waals surface area contributed by atoms with Crippen molar-refractivity contribution in [3.63, 3.8) is 0 Å². The molecular weight excluding hydrogens is 414 g/mol. The third-order valence-electron chi connectivity index (χ3n) is 6.97. The Balaban J connectivity index is 1.56. The van der Waals surface area contributed by atoms with Gasteiger partial charge in [-0.15, -0.1) is 0 Å². The molecule has 33 heavy (non-hydrogen) atoms. The van der Waals surface area contributed by atoms with Crippen LogP contribution in [-0.4, -0.2) is 35.3 Å². The number of anilines is 1. The van der Waals surface area contributed by atoms with Crippen molar-refractivity contribution in [3.05, 3.63) is 65.7 Å². The highest BCUT2D eigenvalue weighted by molar-refractivity contribution is 6.10. The van der Waals surface area contributed by atoms with Crippen molar-refractivity contribution in [2.75, 3.05) is 11.4 Å². The Kier molecular flexibility index (Phi) is 6.54. The smallest absolute Gasteiger partial charge is 0.319 e. The van der Waals surface area contributed by atoms with Gasteiger partial charge in [-0.1, -0.05) is 75.6 Å². The summed E-state index contributed by atoms with van der Waals surface area (Å²) in [6, 6.07) is 16.9. The first kappa shape index (κ1) is 23.0. The van der Waals surface area contributed by atoms with Crippen LogP contribution in [0, 0.1) is 0 Å². The van der Waals surface area contributed by atoms with E-state index < -0.39 is 17.5 Å². The molecule has 0 radical (unpaired) electrons. The highest BCUT2D eigenvalue weighted by Crippen LogP contribution is 2.31. The highest BCUT2D eigenvalue weighted by atomic mass is 16.2. The number of benzene rings is 2. The van der Waals surface area contributed by atoms with Gasteiger partial charge in [-0.3, -0.25) is 14.5 Å². The van der Waals surface area contributed by atoms with Gasteiger partial charge in [0.1, 0.15) is 12.1 Å². The second kappa shape index (κ2) is 9.38. The van der Waals surface area contributed by atoms with Crippen LogP contribution in [0.15, 0.2) is 54.6 Å². The fourth-order valence-corrected chi connectivity index (χ4v) is 4.94. The van der Waals surface area contributed by atoms with E-state index in [1.54, 1.807) is 11.8 Å². The maximum Gasteiger partial charge on any atom is 0.325 e. The van der Waals surface area contributed by atoms with Gasteiger partial charge in [0.15, 0.2) is 0 Å². The van der Waals surface area contributed by atoms with Crippen molar-refractivity contribution in [2.24, 2.45) is 0 Å². The summed E-state index contributed by atoms with van der Waals surface area (Å²) in [4.78, 5) is 42.6. The number of hydrogen-bond acceptors (Lipinski definition) is 3. The SMILES string of the molecule is CC(C)c1ccc(C2(C)NC(=O)N(CC(=O)N(c3ccccc3)C3CCCCC3)C2=O)cc1. The Hall–Kier alpha value is -3.15. The molecule has 6 nitrogen and oxygen atoms in total. The van der Waals surface area contributed by atoms with Gasteiger partial charge in [0.25, 0.3) is 5.91 Å². The second-order valence-corrected chi connectivity index (χ2v) is 9.61. The van der Waals surface area contributed by atoms with Crippen molar-refractivity contribution >= 4 is 23.5 Å². The minimum atomic E-state index is -1.19. The third-order valence-corrected chi connectivity index (χ3v) is 6.97. The molecule has 4 rings (SSSR count). The molecule has 0 bridgehead atoms. The van der Waals surface area contributed by atoms with Crippen LogP contribution in [0.3, 0.4) is 0 Å². The van der Waals surface area contributed by atoms with Crippen LogP contribution in [0.1, 0.15) is 69.9 Å². The lowest BCUT2D eigenvalue weighted by molar-refractivity contribution is -0.134. The van der Waals surface area contributed by atoms with Gasteiger partial charge < -0.3 is 10.2 Å². The Morgan fingerprint density at radius 1 is 1.03 bits per heavy atom. The topological polar surface area (TPSA) is 69.7 Å². The van der Waals surface area contributed by atoms with E-state index in [1.165, 1.54) is 6.42 Å². The summed E-state index contributed by atoms with van der Waals surface area (Å²) < 4.78 is 0. The summed E-state index contributed by atoms with van der Waals surface area (Å²) in [5.41, 5.74) is 1.51. The molecule has 2 aliphatic rings. The van der Waals surface area contributed by atoms with Gasteiger partial charge in [-0.05, 0) is 48.9 Å². The van der Waals surface area contributed by atoms with Crippen LogP contribution in [0.25, 0.3) is 0 Å². The molecule has 1 saturated heterocycles. The Morgan fingerprint density at radius 2 is 1.67 bits per heavy atom. The highest BCUT2D eigenvalue weighted by Gasteiger charge is 2.50. The van der Waals surface area contributed by atoms with E-state index in [1.807, 2.05) is 54.6 Å². The van der Waals surface area contributed by atoms with E-state index in [9.17, 15) is 14.4 Å². The first-order chi connectivity index (χ1) is 15.8. The molecule has 1 aliphatic heterocycles. The lowest BCUT2D eigenvalue weighted by atomic mass is 9.90. The third kappa shape index (κ3) is 4.52. The number of nitrogens with zero attached hydrogens (tertiary/aromatic N) is 2. The van der Waals surface area contributed by atoms with Gasteiger partial charge in [0.2, 0.25) is 5.91 Å². The summed E-state index contributed by atoms with van der Waals surface area (Å²) in [6.45, 7) is 5.66. The van der Waals surface area contributed by atoms with E-state index in [4.69, 9.17) is 0 Å².